The molecule has 1 N–H and O–H groups in total. The van der Waals surface area contributed by atoms with Gasteiger partial charge in [-0.15, -0.1) is 0 Å². The fraction of sp³-hybridized carbons (Fsp3) is 1.00. The van der Waals surface area contributed by atoms with Crippen LogP contribution in [0.3, 0.4) is 0 Å². The van der Waals surface area contributed by atoms with Crippen LogP contribution >= 0.6 is 0 Å². The summed E-state index contributed by atoms with van der Waals surface area (Å²) < 4.78 is 27.8. The van der Waals surface area contributed by atoms with E-state index in [1.807, 2.05) is 0 Å². The van der Waals surface area contributed by atoms with Crippen LogP contribution in [0, 0.1) is 0 Å². The van der Waals surface area contributed by atoms with Crippen molar-refractivity contribution in [3.05, 3.63) is 0 Å². The van der Waals surface area contributed by atoms with Gasteiger partial charge >= 0.3 is 0 Å². The van der Waals surface area contributed by atoms with Crippen molar-refractivity contribution in [1.29, 1.82) is 0 Å². The Morgan fingerprint density at radius 2 is 1.57 bits per heavy atom. The molecular formula is C3H8O3S. The highest BCUT2D eigenvalue weighted by Crippen LogP contribution is 1.91. The molecule has 0 saturated carbocycles. The molecule has 0 aromatic carbocycles. The maximum atomic E-state index is 9.89. The third kappa shape index (κ3) is 2.59. The zero-order valence-electron chi connectivity index (χ0n) is 4.25. The lowest BCUT2D eigenvalue weighted by Crippen LogP contribution is -2.10. The molecule has 0 spiro atoms. The largest absolute Gasteiger partial charge is 0.285 e. The van der Waals surface area contributed by atoms with E-state index >= 15 is 0 Å². The Bertz CT molecular complexity index is 132. The molecule has 7 heavy (non-hydrogen) atoms. The lowest BCUT2D eigenvalue weighted by Gasteiger charge is -1.94. The van der Waals surface area contributed by atoms with E-state index in [9.17, 15) is 8.42 Å². The Labute approximate surface area is 43.1 Å². The summed E-state index contributed by atoms with van der Waals surface area (Å²) in [6, 6.07) is 0. The molecule has 44 valence electrons. The lowest BCUT2D eigenvalue weighted by molar-refractivity contribution is 0.473. The summed E-state index contributed by atoms with van der Waals surface area (Å²) in [7, 11) is -3.74. The van der Waals surface area contributed by atoms with Gasteiger partial charge in [0, 0.05) is 0 Å². The molecule has 0 radical (unpaired) electrons. The van der Waals surface area contributed by atoms with Gasteiger partial charge in [-0.3, -0.25) is 4.55 Å². The molecular weight excluding hydrogens is 116 g/mol. The molecule has 0 aromatic rings. The molecule has 0 amide bonds. The van der Waals surface area contributed by atoms with Gasteiger partial charge in [-0.05, 0) is 13.8 Å². The van der Waals surface area contributed by atoms with Crippen molar-refractivity contribution >= 4 is 10.1 Å². The first-order chi connectivity index (χ1) is 2.94. The highest BCUT2D eigenvalue weighted by Gasteiger charge is 2.08. The van der Waals surface area contributed by atoms with E-state index < -0.39 is 15.4 Å². The van der Waals surface area contributed by atoms with Crippen molar-refractivity contribution in [3.8, 4) is 0 Å². The summed E-state index contributed by atoms with van der Waals surface area (Å²) in [6.07, 6.45) is 0. The van der Waals surface area contributed by atoms with Crippen LogP contribution in [-0.2, 0) is 10.1 Å². The van der Waals surface area contributed by atoms with Crippen molar-refractivity contribution in [2.24, 2.45) is 0 Å². The summed E-state index contributed by atoms with van der Waals surface area (Å²) in [4.78, 5) is 0. The third-order valence-corrected chi connectivity index (χ3v) is 1.79. The predicted octanol–water partition coefficient (Wildman–Crippen LogP) is 0.283. The molecule has 0 aliphatic heterocycles. The molecule has 0 aliphatic rings. The minimum absolute atomic E-state index is 0.674. The minimum atomic E-state index is -3.74. The molecule has 0 bridgehead atoms. The van der Waals surface area contributed by atoms with E-state index in [0.29, 0.717) is 0 Å². The predicted molar refractivity (Wildman–Crippen MR) is 26.7 cm³/mol. The van der Waals surface area contributed by atoms with Crippen molar-refractivity contribution in [2.45, 2.75) is 19.1 Å². The lowest BCUT2D eigenvalue weighted by atomic mass is 10.6. The molecule has 0 rings (SSSR count). The summed E-state index contributed by atoms with van der Waals surface area (Å²) in [5.41, 5.74) is 0. The monoisotopic (exact) mass is 124 g/mol. The first kappa shape index (κ1) is 6.91. The van der Waals surface area contributed by atoms with Crippen LogP contribution in [0.15, 0.2) is 0 Å². The number of hydrogen-bond donors (Lipinski definition) is 1. The van der Waals surface area contributed by atoms with Gasteiger partial charge < -0.3 is 0 Å². The van der Waals surface area contributed by atoms with E-state index in [1.165, 1.54) is 13.8 Å². The van der Waals surface area contributed by atoms with Gasteiger partial charge in [0.15, 0.2) is 0 Å². The van der Waals surface area contributed by atoms with E-state index in [2.05, 4.69) is 0 Å². The maximum absolute atomic E-state index is 9.89. The van der Waals surface area contributed by atoms with Crippen LogP contribution in [0.25, 0.3) is 0 Å². The molecule has 0 heterocycles. The van der Waals surface area contributed by atoms with Gasteiger partial charge in [-0.1, -0.05) is 0 Å². The van der Waals surface area contributed by atoms with E-state index in [-0.39, 0.29) is 0 Å². The van der Waals surface area contributed by atoms with Crippen LogP contribution < -0.4 is 0 Å². The minimum Gasteiger partial charge on any atom is -0.285 e. The summed E-state index contributed by atoms with van der Waals surface area (Å²) in [5.74, 6) is 0. The second kappa shape index (κ2) is 1.79. The third-order valence-electron chi connectivity index (χ3n) is 0.596. The molecule has 0 atom stereocenters. The van der Waals surface area contributed by atoms with Crippen molar-refractivity contribution in [1.82, 2.24) is 0 Å². The first-order valence-corrected chi connectivity index (χ1v) is 3.41. The second-order valence-electron chi connectivity index (χ2n) is 1.56. The Morgan fingerprint density at radius 1 is 1.43 bits per heavy atom. The highest BCUT2D eigenvalue weighted by molar-refractivity contribution is 7.86. The average molecular weight is 124 g/mol. The summed E-state index contributed by atoms with van der Waals surface area (Å²) in [6.45, 7) is 2.82. The van der Waals surface area contributed by atoms with Gasteiger partial charge in [0.1, 0.15) is 0 Å². The number of hydrogen-bond acceptors (Lipinski definition) is 2. The fourth-order valence-electron chi connectivity index (χ4n) is 0. The van der Waals surface area contributed by atoms with Gasteiger partial charge in [0.05, 0.1) is 5.25 Å². The average Bonchev–Trinajstić information content (AvgIpc) is 1.31. The topological polar surface area (TPSA) is 54.4 Å². The normalized spacial score (nSPS) is 12.6. The van der Waals surface area contributed by atoms with Crippen LogP contribution in [0.5, 0.6) is 0 Å². The highest BCUT2D eigenvalue weighted by atomic mass is 32.2. The maximum Gasteiger partial charge on any atom is 0.267 e. The van der Waals surface area contributed by atoms with Crippen molar-refractivity contribution < 1.29 is 13.0 Å². The SMILES string of the molecule is CC(C)S(=O)(=O)O. The fourth-order valence-corrected chi connectivity index (χ4v) is 0. The number of rotatable bonds is 1. The molecule has 3 nitrogen and oxygen atoms in total. The van der Waals surface area contributed by atoms with Gasteiger partial charge in [0.25, 0.3) is 10.1 Å². The van der Waals surface area contributed by atoms with E-state index in [0.717, 1.165) is 0 Å². The Morgan fingerprint density at radius 3 is 1.57 bits per heavy atom. The van der Waals surface area contributed by atoms with Crippen molar-refractivity contribution in [3.63, 3.8) is 0 Å². The molecule has 0 unspecified atom stereocenters. The molecule has 0 aromatic heterocycles. The standard InChI is InChI=1S/C3H8O3S/c1-3(2)7(4,5)6/h3H,1-2H3,(H,4,5,6). The first-order valence-electron chi connectivity index (χ1n) is 1.91. The van der Waals surface area contributed by atoms with Crippen LogP contribution in [0.4, 0.5) is 0 Å². The molecule has 4 heteroatoms. The van der Waals surface area contributed by atoms with Crippen LogP contribution in [0.1, 0.15) is 13.8 Å². The molecule has 0 aliphatic carbocycles. The van der Waals surface area contributed by atoms with Crippen molar-refractivity contribution in [2.75, 3.05) is 0 Å². The van der Waals surface area contributed by atoms with Crippen LogP contribution in [-0.4, -0.2) is 18.2 Å². The second-order valence-corrected chi connectivity index (χ2v) is 3.54. The Balaban J connectivity index is 4.10. The van der Waals surface area contributed by atoms with E-state index in [1.54, 1.807) is 0 Å². The molecule has 0 fully saturated rings. The van der Waals surface area contributed by atoms with Gasteiger partial charge in [0.2, 0.25) is 0 Å². The Hall–Kier alpha value is -0.0900. The Kier molecular flexibility index (Phi) is 1.77. The smallest absolute Gasteiger partial charge is 0.267 e. The zero-order chi connectivity index (χ0) is 6.08. The van der Waals surface area contributed by atoms with Crippen LogP contribution in [0.2, 0.25) is 0 Å². The van der Waals surface area contributed by atoms with E-state index in [4.69, 9.17) is 4.55 Å². The zero-order valence-corrected chi connectivity index (χ0v) is 5.07. The molecule has 0 saturated heterocycles. The summed E-state index contributed by atoms with van der Waals surface area (Å²) >= 11 is 0. The van der Waals surface area contributed by atoms with Gasteiger partial charge in [-0.25, -0.2) is 0 Å². The quantitative estimate of drug-likeness (QED) is 0.511. The summed E-state index contributed by atoms with van der Waals surface area (Å²) in [5, 5.41) is -0.674. The van der Waals surface area contributed by atoms with Gasteiger partial charge in [-0.2, -0.15) is 8.42 Å².